The van der Waals surface area contributed by atoms with Crippen LogP contribution in [0.25, 0.3) is 10.2 Å². The fourth-order valence-corrected chi connectivity index (χ4v) is 3.52. The molecule has 0 saturated heterocycles. The standard InChI is InChI=1S/C18H18N4O3S/c1-10-11(2)26-18-16(10)17(24)20-14(21-18)8-15(23)22-19-9-12-5-4-6-13(7-12)25-3/h4-7,9H,8H2,1-3H3,(H,22,23)(H,20,21,24)/b19-9+. The number of ether oxygens (including phenoxy) is 1. The molecule has 2 aromatic heterocycles. The third kappa shape index (κ3) is 3.80. The number of amides is 1. The molecule has 8 heteroatoms. The SMILES string of the molecule is COc1cccc(/C=N/NC(=O)Cc2nc3sc(C)c(C)c3c(=O)[nH]2)c1. The van der Waals surface area contributed by atoms with Crippen LogP contribution in [-0.2, 0) is 11.2 Å². The molecule has 0 fully saturated rings. The van der Waals surface area contributed by atoms with Gasteiger partial charge in [0.2, 0.25) is 5.91 Å². The third-order valence-electron chi connectivity index (χ3n) is 3.91. The molecule has 0 aliphatic heterocycles. The molecule has 3 aromatic rings. The number of aromatic amines is 1. The smallest absolute Gasteiger partial charge is 0.259 e. The predicted molar refractivity (Wildman–Crippen MR) is 102 cm³/mol. The van der Waals surface area contributed by atoms with E-state index in [2.05, 4.69) is 20.5 Å². The van der Waals surface area contributed by atoms with Crippen LogP contribution in [0.3, 0.4) is 0 Å². The van der Waals surface area contributed by atoms with Crippen molar-refractivity contribution >= 4 is 33.7 Å². The summed E-state index contributed by atoms with van der Waals surface area (Å²) in [5.74, 6) is 0.659. The van der Waals surface area contributed by atoms with E-state index in [-0.39, 0.29) is 17.9 Å². The van der Waals surface area contributed by atoms with Crippen molar-refractivity contribution in [2.24, 2.45) is 5.10 Å². The van der Waals surface area contributed by atoms with Gasteiger partial charge in [0.25, 0.3) is 5.56 Å². The maximum atomic E-state index is 12.2. The van der Waals surface area contributed by atoms with E-state index in [4.69, 9.17) is 4.74 Å². The summed E-state index contributed by atoms with van der Waals surface area (Å²) >= 11 is 1.45. The largest absolute Gasteiger partial charge is 0.497 e. The van der Waals surface area contributed by atoms with Gasteiger partial charge >= 0.3 is 0 Å². The molecule has 26 heavy (non-hydrogen) atoms. The van der Waals surface area contributed by atoms with Gasteiger partial charge in [-0.25, -0.2) is 10.4 Å². The van der Waals surface area contributed by atoms with Gasteiger partial charge in [0.15, 0.2) is 0 Å². The highest BCUT2D eigenvalue weighted by Gasteiger charge is 2.13. The lowest BCUT2D eigenvalue weighted by Crippen LogP contribution is -2.23. The number of rotatable bonds is 5. The van der Waals surface area contributed by atoms with Crippen LogP contribution in [0.2, 0.25) is 0 Å². The number of nitrogens with one attached hydrogen (secondary N) is 2. The van der Waals surface area contributed by atoms with Gasteiger partial charge in [-0.1, -0.05) is 12.1 Å². The highest BCUT2D eigenvalue weighted by Crippen LogP contribution is 2.25. The second-order valence-corrected chi connectivity index (χ2v) is 6.93. The van der Waals surface area contributed by atoms with Crippen LogP contribution in [0.4, 0.5) is 0 Å². The Morgan fingerprint density at radius 1 is 1.42 bits per heavy atom. The maximum Gasteiger partial charge on any atom is 0.259 e. The van der Waals surface area contributed by atoms with Crippen LogP contribution >= 0.6 is 11.3 Å². The van der Waals surface area contributed by atoms with Crippen molar-refractivity contribution in [2.45, 2.75) is 20.3 Å². The van der Waals surface area contributed by atoms with Crippen molar-refractivity contribution in [2.75, 3.05) is 7.11 Å². The van der Waals surface area contributed by atoms with Crippen LogP contribution in [0.1, 0.15) is 21.8 Å². The van der Waals surface area contributed by atoms with Gasteiger partial charge in [0.1, 0.15) is 16.4 Å². The Bertz CT molecular complexity index is 1050. The van der Waals surface area contributed by atoms with Gasteiger partial charge in [-0.15, -0.1) is 11.3 Å². The number of hydrogen-bond donors (Lipinski definition) is 2. The third-order valence-corrected chi connectivity index (χ3v) is 5.01. The molecule has 0 aliphatic rings. The van der Waals surface area contributed by atoms with Gasteiger partial charge in [-0.3, -0.25) is 9.59 Å². The summed E-state index contributed by atoms with van der Waals surface area (Å²) in [4.78, 5) is 33.0. The number of H-pyrrole nitrogens is 1. The van der Waals surface area contributed by atoms with Crippen molar-refractivity contribution in [3.05, 3.63) is 56.4 Å². The van der Waals surface area contributed by atoms with Crippen LogP contribution < -0.4 is 15.7 Å². The molecule has 0 unspecified atom stereocenters. The summed E-state index contributed by atoms with van der Waals surface area (Å²) in [5.41, 5.74) is 3.93. The quantitative estimate of drug-likeness (QED) is 0.532. The Kier molecular flexibility index (Phi) is 5.13. The number of hydrogen-bond acceptors (Lipinski definition) is 6. The highest BCUT2D eigenvalue weighted by molar-refractivity contribution is 7.18. The fourth-order valence-electron chi connectivity index (χ4n) is 2.48. The van der Waals surface area contributed by atoms with Crippen molar-refractivity contribution in [1.82, 2.24) is 15.4 Å². The number of carbonyl (C=O) groups is 1. The van der Waals surface area contributed by atoms with Gasteiger partial charge in [-0.05, 0) is 37.1 Å². The summed E-state index contributed by atoms with van der Waals surface area (Å²) in [6, 6.07) is 7.29. The number of aryl methyl sites for hydroxylation is 2. The summed E-state index contributed by atoms with van der Waals surface area (Å²) in [5, 5.41) is 4.51. The van der Waals surface area contributed by atoms with E-state index in [1.165, 1.54) is 17.6 Å². The Morgan fingerprint density at radius 2 is 2.23 bits per heavy atom. The maximum absolute atomic E-state index is 12.2. The number of aromatic nitrogens is 2. The minimum atomic E-state index is -0.364. The number of carbonyl (C=O) groups excluding carboxylic acids is 1. The predicted octanol–water partition coefficient (Wildman–Crippen LogP) is 2.30. The van der Waals surface area contributed by atoms with Gasteiger partial charge in [-0.2, -0.15) is 5.10 Å². The first-order valence-electron chi connectivity index (χ1n) is 7.93. The zero-order chi connectivity index (χ0) is 18.7. The zero-order valence-corrected chi connectivity index (χ0v) is 15.4. The number of thiophene rings is 1. The first-order valence-corrected chi connectivity index (χ1v) is 8.74. The van der Waals surface area contributed by atoms with Gasteiger partial charge < -0.3 is 9.72 Å². The molecule has 1 aromatic carbocycles. The van der Waals surface area contributed by atoms with Crippen LogP contribution in [-0.4, -0.2) is 29.2 Å². The molecule has 0 spiro atoms. The molecule has 2 heterocycles. The van der Waals surface area contributed by atoms with E-state index >= 15 is 0 Å². The summed E-state index contributed by atoms with van der Waals surface area (Å²) < 4.78 is 5.13. The molecule has 0 saturated carbocycles. The molecular weight excluding hydrogens is 352 g/mol. The monoisotopic (exact) mass is 370 g/mol. The zero-order valence-electron chi connectivity index (χ0n) is 14.6. The molecule has 3 rings (SSSR count). The second-order valence-electron chi connectivity index (χ2n) is 5.72. The topological polar surface area (TPSA) is 96.4 Å². The highest BCUT2D eigenvalue weighted by atomic mass is 32.1. The number of hydrazone groups is 1. The van der Waals surface area contributed by atoms with Crippen molar-refractivity contribution in [1.29, 1.82) is 0 Å². The van der Waals surface area contributed by atoms with Crippen LogP contribution in [0.15, 0.2) is 34.2 Å². The molecule has 0 atom stereocenters. The van der Waals surface area contributed by atoms with E-state index in [1.807, 2.05) is 32.0 Å². The first kappa shape index (κ1) is 17.8. The number of benzene rings is 1. The minimum absolute atomic E-state index is 0.0589. The molecule has 134 valence electrons. The number of methoxy groups -OCH3 is 1. The van der Waals surface area contributed by atoms with E-state index in [1.54, 1.807) is 13.2 Å². The summed E-state index contributed by atoms with van der Waals surface area (Å²) in [6.07, 6.45) is 1.46. The van der Waals surface area contributed by atoms with Crippen LogP contribution in [0.5, 0.6) is 5.75 Å². The molecular formula is C18H18N4O3S. The Morgan fingerprint density at radius 3 is 3.00 bits per heavy atom. The van der Waals surface area contributed by atoms with E-state index in [0.29, 0.717) is 21.8 Å². The van der Waals surface area contributed by atoms with Crippen LogP contribution in [0, 0.1) is 13.8 Å². The normalized spacial score (nSPS) is 11.2. The minimum Gasteiger partial charge on any atom is -0.497 e. The molecule has 1 amide bonds. The molecule has 0 radical (unpaired) electrons. The van der Waals surface area contributed by atoms with E-state index < -0.39 is 0 Å². The fraction of sp³-hybridized carbons (Fsp3) is 0.222. The lowest BCUT2D eigenvalue weighted by Gasteiger charge is -2.01. The van der Waals surface area contributed by atoms with Crippen molar-refractivity contribution < 1.29 is 9.53 Å². The lowest BCUT2D eigenvalue weighted by atomic mass is 10.2. The summed E-state index contributed by atoms with van der Waals surface area (Å²) in [7, 11) is 1.58. The molecule has 7 nitrogen and oxygen atoms in total. The Balaban J connectivity index is 1.69. The lowest BCUT2D eigenvalue weighted by molar-refractivity contribution is -0.120. The van der Waals surface area contributed by atoms with Gasteiger partial charge in [0.05, 0.1) is 25.1 Å². The van der Waals surface area contributed by atoms with Crippen molar-refractivity contribution in [3.63, 3.8) is 0 Å². The Hall–Kier alpha value is -3.00. The summed E-state index contributed by atoms with van der Waals surface area (Å²) in [6.45, 7) is 3.84. The Labute approximate surface area is 153 Å². The average Bonchev–Trinajstić information content (AvgIpc) is 2.89. The molecule has 0 bridgehead atoms. The average molecular weight is 370 g/mol. The first-order chi connectivity index (χ1) is 12.5. The molecule has 0 aliphatic carbocycles. The molecule has 2 N–H and O–H groups in total. The van der Waals surface area contributed by atoms with E-state index in [9.17, 15) is 9.59 Å². The number of nitrogens with zero attached hydrogens (tertiary/aromatic N) is 2. The number of fused-ring (bicyclic) bond motifs is 1. The van der Waals surface area contributed by atoms with E-state index in [0.717, 1.165) is 16.0 Å². The van der Waals surface area contributed by atoms with Crippen molar-refractivity contribution in [3.8, 4) is 5.75 Å². The van der Waals surface area contributed by atoms with Gasteiger partial charge in [0, 0.05) is 4.88 Å². The second kappa shape index (κ2) is 7.49.